The van der Waals surface area contributed by atoms with Gasteiger partial charge in [0.15, 0.2) is 0 Å². The van der Waals surface area contributed by atoms with E-state index in [-0.39, 0.29) is 11.6 Å². The van der Waals surface area contributed by atoms with Crippen molar-refractivity contribution >= 4 is 6.41 Å². The standard InChI is InChI=1S/C17H31NO3/c1-13(6-7-15(21-5)16(2,3)20)14-8-10-17(4,11-9-14)18-12-19/h6-7,12-15,20H,8-11H2,1-5H3,(H,18,19)/b7-6+/t13?,14?,15-,17?/m0/s1. The van der Waals surface area contributed by atoms with Gasteiger partial charge in [-0.3, -0.25) is 4.79 Å². The number of rotatable bonds is 7. The molecule has 2 N–H and O–H groups in total. The van der Waals surface area contributed by atoms with Crippen LogP contribution in [0.15, 0.2) is 12.2 Å². The van der Waals surface area contributed by atoms with Gasteiger partial charge in [-0.15, -0.1) is 0 Å². The summed E-state index contributed by atoms with van der Waals surface area (Å²) in [6.07, 6.45) is 8.93. The summed E-state index contributed by atoms with van der Waals surface area (Å²) in [6.45, 7) is 7.85. The van der Waals surface area contributed by atoms with E-state index in [0.717, 1.165) is 32.1 Å². The summed E-state index contributed by atoms with van der Waals surface area (Å²) in [5.74, 6) is 1.08. The molecule has 1 fully saturated rings. The van der Waals surface area contributed by atoms with Crippen LogP contribution >= 0.6 is 0 Å². The molecule has 0 heterocycles. The van der Waals surface area contributed by atoms with Gasteiger partial charge in [-0.25, -0.2) is 0 Å². The normalized spacial score (nSPS) is 30.1. The summed E-state index contributed by atoms with van der Waals surface area (Å²) in [5.41, 5.74) is -0.909. The second-order valence-electron chi connectivity index (χ2n) is 7.21. The lowest BCUT2D eigenvalue weighted by Gasteiger charge is -2.38. The first-order valence-corrected chi connectivity index (χ1v) is 7.86. The number of methoxy groups -OCH3 is 1. The first kappa shape index (κ1) is 18.2. The van der Waals surface area contributed by atoms with Gasteiger partial charge in [0.25, 0.3) is 0 Å². The average Bonchev–Trinajstić information content (AvgIpc) is 2.38. The molecule has 4 nitrogen and oxygen atoms in total. The maximum absolute atomic E-state index is 10.6. The van der Waals surface area contributed by atoms with Crippen molar-refractivity contribution in [2.45, 2.75) is 70.6 Å². The Kier molecular flexibility index (Phi) is 6.41. The van der Waals surface area contributed by atoms with E-state index in [1.807, 2.05) is 6.08 Å². The minimum Gasteiger partial charge on any atom is -0.387 e. The van der Waals surface area contributed by atoms with Crippen molar-refractivity contribution < 1.29 is 14.6 Å². The van der Waals surface area contributed by atoms with Gasteiger partial charge in [0.2, 0.25) is 6.41 Å². The first-order valence-electron chi connectivity index (χ1n) is 7.86. The van der Waals surface area contributed by atoms with Gasteiger partial charge in [-0.1, -0.05) is 19.1 Å². The Bertz CT molecular complexity index is 352. The molecule has 1 aliphatic rings. The molecule has 21 heavy (non-hydrogen) atoms. The maximum Gasteiger partial charge on any atom is 0.207 e. The number of hydrogen-bond acceptors (Lipinski definition) is 3. The van der Waals surface area contributed by atoms with Crippen LogP contribution in [0, 0.1) is 11.8 Å². The first-order chi connectivity index (χ1) is 9.72. The van der Waals surface area contributed by atoms with Crippen LogP contribution in [0.1, 0.15) is 53.4 Å². The zero-order chi connectivity index (χ0) is 16.1. The number of carbonyl (C=O) groups excluding carboxylic acids is 1. The molecule has 122 valence electrons. The lowest BCUT2D eigenvalue weighted by molar-refractivity contribution is -0.111. The van der Waals surface area contributed by atoms with Crippen molar-refractivity contribution in [2.24, 2.45) is 11.8 Å². The summed E-state index contributed by atoms with van der Waals surface area (Å²) in [4.78, 5) is 10.6. The molecule has 0 aromatic rings. The Morgan fingerprint density at radius 1 is 1.33 bits per heavy atom. The smallest absolute Gasteiger partial charge is 0.207 e. The second kappa shape index (κ2) is 7.41. The molecule has 0 aromatic carbocycles. The summed E-state index contributed by atoms with van der Waals surface area (Å²) in [7, 11) is 1.62. The molecule has 1 rings (SSSR count). The van der Waals surface area contributed by atoms with Crippen molar-refractivity contribution in [3.8, 4) is 0 Å². The highest BCUT2D eigenvalue weighted by atomic mass is 16.5. The number of ether oxygens (including phenoxy) is 1. The zero-order valence-corrected chi connectivity index (χ0v) is 14.1. The number of hydrogen-bond donors (Lipinski definition) is 2. The van der Waals surface area contributed by atoms with Crippen LogP contribution in [0.2, 0.25) is 0 Å². The van der Waals surface area contributed by atoms with Gasteiger partial charge in [0.1, 0.15) is 6.10 Å². The fourth-order valence-electron chi connectivity index (χ4n) is 3.13. The molecule has 0 saturated heterocycles. The minimum absolute atomic E-state index is 0.0379. The molecular weight excluding hydrogens is 266 g/mol. The number of nitrogens with one attached hydrogen (secondary N) is 1. The van der Waals surface area contributed by atoms with Crippen LogP contribution in [-0.4, -0.2) is 35.9 Å². The maximum atomic E-state index is 10.6. The van der Waals surface area contributed by atoms with Crippen LogP contribution in [0.5, 0.6) is 0 Å². The summed E-state index contributed by atoms with van der Waals surface area (Å²) >= 11 is 0. The topological polar surface area (TPSA) is 58.6 Å². The van der Waals surface area contributed by atoms with E-state index < -0.39 is 5.60 Å². The van der Waals surface area contributed by atoms with Crippen LogP contribution in [0.3, 0.4) is 0 Å². The molecule has 0 spiro atoms. The highest BCUT2D eigenvalue weighted by Crippen LogP contribution is 2.36. The van der Waals surface area contributed by atoms with Gasteiger partial charge in [-0.2, -0.15) is 0 Å². The summed E-state index contributed by atoms with van der Waals surface area (Å²) in [6, 6.07) is 0. The predicted molar refractivity (Wildman–Crippen MR) is 85.0 cm³/mol. The van der Waals surface area contributed by atoms with Crippen molar-refractivity contribution in [3.05, 3.63) is 12.2 Å². The molecule has 2 atom stereocenters. The Labute approximate surface area is 129 Å². The Hall–Kier alpha value is -0.870. The van der Waals surface area contributed by atoms with E-state index >= 15 is 0 Å². The Morgan fingerprint density at radius 3 is 2.33 bits per heavy atom. The molecule has 0 aliphatic heterocycles. The molecule has 4 heteroatoms. The lowest BCUT2D eigenvalue weighted by atomic mass is 9.73. The van der Waals surface area contributed by atoms with Gasteiger partial charge in [0.05, 0.1) is 5.60 Å². The Morgan fingerprint density at radius 2 is 1.90 bits per heavy atom. The van der Waals surface area contributed by atoms with Crippen molar-refractivity contribution in [1.82, 2.24) is 5.32 Å². The predicted octanol–water partition coefficient (Wildman–Crippen LogP) is 2.66. The molecule has 1 saturated carbocycles. The van der Waals surface area contributed by atoms with Crippen molar-refractivity contribution in [2.75, 3.05) is 7.11 Å². The van der Waals surface area contributed by atoms with Gasteiger partial charge in [-0.05, 0) is 58.3 Å². The molecular formula is C17H31NO3. The third-order valence-corrected chi connectivity index (χ3v) is 4.82. The minimum atomic E-state index is -0.871. The average molecular weight is 297 g/mol. The molecule has 1 aliphatic carbocycles. The largest absolute Gasteiger partial charge is 0.387 e. The monoisotopic (exact) mass is 297 g/mol. The fraction of sp³-hybridized carbons (Fsp3) is 0.824. The number of amides is 1. The van der Waals surface area contributed by atoms with Crippen molar-refractivity contribution in [3.63, 3.8) is 0 Å². The van der Waals surface area contributed by atoms with E-state index in [1.165, 1.54) is 0 Å². The van der Waals surface area contributed by atoms with E-state index in [2.05, 4.69) is 25.2 Å². The van der Waals surface area contributed by atoms with Crippen LogP contribution in [0.4, 0.5) is 0 Å². The van der Waals surface area contributed by atoms with Gasteiger partial charge < -0.3 is 15.2 Å². The zero-order valence-electron chi connectivity index (χ0n) is 14.1. The molecule has 1 unspecified atom stereocenters. The molecule has 0 aromatic heterocycles. The van der Waals surface area contributed by atoms with E-state index in [0.29, 0.717) is 11.8 Å². The highest BCUT2D eigenvalue weighted by Gasteiger charge is 2.32. The quantitative estimate of drug-likeness (QED) is 0.561. The SMILES string of the molecule is CO[C@@H](/C=C/C(C)C1CCC(C)(NC=O)CC1)C(C)(C)O. The van der Waals surface area contributed by atoms with Crippen LogP contribution < -0.4 is 5.32 Å². The van der Waals surface area contributed by atoms with Gasteiger partial charge >= 0.3 is 0 Å². The van der Waals surface area contributed by atoms with E-state index in [1.54, 1.807) is 21.0 Å². The fourth-order valence-corrected chi connectivity index (χ4v) is 3.13. The highest BCUT2D eigenvalue weighted by molar-refractivity contribution is 5.47. The molecule has 1 amide bonds. The molecule has 0 radical (unpaired) electrons. The van der Waals surface area contributed by atoms with Crippen LogP contribution in [-0.2, 0) is 9.53 Å². The van der Waals surface area contributed by atoms with Gasteiger partial charge in [0, 0.05) is 12.6 Å². The van der Waals surface area contributed by atoms with E-state index in [4.69, 9.17) is 4.74 Å². The number of allylic oxidation sites excluding steroid dienone is 1. The Balaban J connectivity index is 2.54. The number of aliphatic hydroxyl groups is 1. The third kappa shape index (κ3) is 5.44. The van der Waals surface area contributed by atoms with E-state index in [9.17, 15) is 9.90 Å². The number of carbonyl (C=O) groups is 1. The lowest BCUT2D eigenvalue weighted by Crippen LogP contribution is -2.45. The summed E-state index contributed by atoms with van der Waals surface area (Å²) in [5, 5.41) is 13.0. The third-order valence-electron chi connectivity index (χ3n) is 4.82. The van der Waals surface area contributed by atoms with Crippen LogP contribution in [0.25, 0.3) is 0 Å². The summed E-state index contributed by atoms with van der Waals surface area (Å²) < 4.78 is 5.33. The molecule has 0 bridgehead atoms. The van der Waals surface area contributed by atoms with Crippen molar-refractivity contribution in [1.29, 1.82) is 0 Å². The second-order valence-corrected chi connectivity index (χ2v) is 7.21.